The predicted molar refractivity (Wildman–Crippen MR) is 119 cm³/mol. The van der Waals surface area contributed by atoms with Crippen LogP contribution in [0.2, 0.25) is 0 Å². The number of anilines is 1. The molecule has 1 atom stereocenters. The molecule has 1 fully saturated rings. The molecular weight excluding hydrogens is 474 g/mol. The first-order valence-electron chi connectivity index (χ1n) is 9.61. The van der Waals surface area contributed by atoms with Crippen LogP contribution in [0.1, 0.15) is 24.3 Å². The van der Waals surface area contributed by atoms with E-state index in [1.807, 2.05) is 30.1 Å². The molecule has 4 rings (SSSR count). The number of likely N-dealkylation sites (tertiary alicyclic amines) is 1. The van der Waals surface area contributed by atoms with Crippen LogP contribution in [-0.4, -0.2) is 63.9 Å². The van der Waals surface area contributed by atoms with Gasteiger partial charge in [-0.1, -0.05) is 18.2 Å². The van der Waals surface area contributed by atoms with Gasteiger partial charge in [0.05, 0.1) is 21.9 Å². The largest absolute Gasteiger partial charge is 0.342 e. The second-order valence-electron chi connectivity index (χ2n) is 7.69. The number of halogens is 1. The number of benzene rings is 1. The number of carbonyl (C=O) groups excluding carboxylic acids is 1. The highest BCUT2D eigenvalue weighted by Gasteiger charge is 2.42. The molecule has 2 aliphatic rings. The molecule has 0 saturated carbocycles. The molecule has 1 aromatic heterocycles. The molecule has 0 radical (unpaired) electrons. The summed E-state index contributed by atoms with van der Waals surface area (Å²) in [5.41, 5.74) is 1.39. The number of sulfonamides is 1. The Morgan fingerprint density at radius 2 is 1.86 bits per heavy atom. The maximum atomic E-state index is 13.4. The highest BCUT2D eigenvalue weighted by molar-refractivity contribution is 9.11. The number of likely N-dealkylation sites (N-methyl/N-ethyl adjacent to an activating group) is 1. The summed E-state index contributed by atoms with van der Waals surface area (Å²) in [4.78, 5) is 17.5. The van der Waals surface area contributed by atoms with Gasteiger partial charge < -0.3 is 9.80 Å². The van der Waals surface area contributed by atoms with E-state index < -0.39 is 15.9 Å². The lowest BCUT2D eigenvalue weighted by Gasteiger charge is -2.36. The Morgan fingerprint density at radius 1 is 1.17 bits per heavy atom. The van der Waals surface area contributed by atoms with Gasteiger partial charge in [-0.2, -0.15) is 0 Å². The number of piperidine rings is 1. The molecule has 0 aliphatic carbocycles. The van der Waals surface area contributed by atoms with E-state index in [9.17, 15) is 13.2 Å². The van der Waals surface area contributed by atoms with Gasteiger partial charge in [0.25, 0.3) is 10.0 Å². The molecule has 156 valence electrons. The quantitative estimate of drug-likeness (QED) is 0.649. The number of hydrogen-bond donors (Lipinski definition) is 0. The lowest BCUT2D eigenvalue weighted by molar-refractivity contribution is -0.134. The third-order valence-corrected chi connectivity index (χ3v) is 9.77. The molecule has 0 N–H and O–H groups in total. The van der Waals surface area contributed by atoms with Crippen LogP contribution in [0.3, 0.4) is 0 Å². The van der Waals surface area contributed by atoms with Gasteiger partial charge in [-0.25, -0.2) is 8.42 Å². The number of rotatable bonds is 4. The van der Waals surface area contributed by atoms with Crippen LogP contribution in [-0.2, 0) is 14.8 Å². The number of thiophene rings is 1. The van der Waals surface area contributed by atoms with E-state index in [1.54, 1.807) is 18.2 Å². The minimum Gasteiger partial charge on any atom is -0.342 e. The van der Waals surface area contributed by atoms with Gasteiger partial charge in [-0.3, -0.25) is 9.10 Å². The lowest BCUT2D eigenvalue weighted by Crippen LogP contribution is -2.46. The predicted octanol–water partition coefficient (Wildman–Crippen LogP) is 3.36. The van der Waals surface area contributed by atoms with Crippen molar-refractivity contribution in [2.45, 2.75) is 29.0 Å². The first-order valence-corrected chi connectivity index (χ1v) is 12.7. The Bertz CT molecular complexity index is 1020. The van der Waals surface area contributed by atoms with Gasteiger partial charge >= 0.3 is 0 Å². The standard InChI is InChI=1S/C20H24BrN3O3S2/c1-22-11-9-14(10-12-22)23(2)20(25)16-13-24(17-6-4-3-5-15(16)17)29(26,27)19-8-7-18(21)28-19/h3-8,14,16H,9-13H2,1-2H3. The SMILES string of the molecule is CN1CCC(N(C)C(=O)C2CN(S(=O)(=O)c3ccc(Br)s3)c3ccccc32)CC1. The van der Waals surface area contributed by atoms with Gasteiger partial charge in [-0.15, -0.1) is 11.3 Å². The molecular formula is C20H24BrN3O3S2. The van der Waals surface area contributed by atoms with E-state index in [0.717, 1.165) is 35.3 Å². The van der Waals surface area contributed by atoms with Crippen molar-refractivity contribution in [3.8, 4) is 0 Å². The fourth-order valence-electron chi connectivity index (χ4n) is 4.16. The number of amides is 1. The molecule has 0 spiro atoms. The van der Waals surface area contributed by atoms with Crippen LogP contribution in [0, 0.1) is 0 Å². The van der Waals surface area contributed by atoms with Crippen molar-refractivity contribution in [3.63, 3.8) is 0 Å². The van der Waals surface area contributed by atoms with Crippen LogP contribution in [0.15, 0.2) is 44.4 Å². The smallest absolute Gasteiger partial charge is 0.273 e. The molecule has 2 aliphatic heterocycles. The van der Waals surface area contributed by atoms with Crippen molar-refractivity contribution < 1.29 is 13.2 Å². The molecule has 2 aromatic rings. The summed E-state index contributed by atoms with van der Waals surface area (Å²) in [6.45, 7) is 2.08. The summed E-state index contributed by atoms with van der Waals surface area (Å²) in [6.07, 6.45) is 1.89. The topological polar surface area (TPSA) is 60.9 Å². The van der Waals surface area contributed by atoms with Gasteiger partial charge in [0.2, 0.25) is 5.91 Å². The van der Waals surface area contributed by atoms with Gasteiger partial charge in [0.15, 0.2) is 0 Å². The zero-order chi connectivity index (χ0) is 20.8. The minimum absolute atomic E-state index is 0.00272. The summed E-state index contributed by atoms with van der Waals surface area (Å²) in [5.74, 6) is -0.480. The zero-order valence-electron chi connectivity index (χ0n) is 16.4. The monoisotopic (exact) mass is 497 g/mol. The van der Waals surface area contributed by atoms with Crippen LogP contribution in [0.5, 0.6) is 0 Å². The van der Waals surface area contributed by atoms with Crippen molar-refractivity contribution in [1.82, 2.24) is 9.80 Å². The van der Waals surface area contributed by atoms with Gasteiger partial charge in [0, 0.05) is 13.1 Å². The second-order valence-corrected chi connectivity index (χ2v) is 12.2. The van der Waals surface area contributed by atoms with E-state index in [4.69, 9.17) is 0 Å². The molecule has 6 nitrogen and oxygen atoms in total. The first-order chi connectivity index (χ1) is 13.8. The maximum absolute atomic E-state index is 13.4. The molecule has 9 heteroatoms. The zero-order valence-corrected chi connectivity index (χ0v) is 19.6. The summed E-state index contributed by atoms with van der Waals surface area (Å²) in [6, 6.07) is 10.9. The van der Waals surface area contributed by atoms with Crippen molar-refractivity contribution in [1.29, 1.82) is 0 Å². The average molecular weight is 498 g/mol. The average Bonchev–Trinajstić information content (AvgIpc) is 3.32. The first kappa shape index (κ1) is 20.8. The number of fused-ring (bicyclic) bond motifs is 1. The van der Waals surface area contributed by atoms with Crippen LogP contribution >= 0.6 is 27.3 Å². The fourth-order valence-corrected chi connectivity index (χ4v) is 7.79. The van der Waals surface area contributed by atoms with E-state index in [0.29, 0.717) is 5.69 Å². The van der Waals surface area contributed by atoms with E-state index in [2.05, 4.69) is 27.9 Å². The van der Waals surface area contributed by atoms with Gasteiger partial charge in [-0.05, 0) is 72.7 Å². The summed E-state index contributed by atoms with van der Waals surface area (Å²) in [5, 5.41) is 0. The Labute approximate surface area is 184 Å². The third kappa shape index (κ3) is 3.85. The molecule has 1 amide bonds. The number of carbonyl (C=O) groups is 1. The molecule has 29 heavy (non-hydrogen) atoms. The van der Waals surface area contributed by atoms with E-state index in [-0.39, 0.29) is 22.7 Å². The Hall–Kier alpha value is -1.42. The van der Waals surface area contributed by atoms with Crippen molar-refractivity contribution in [2.75, 3.05) is 38.0 Å². The molecule has 3 heterocycles. The van der Waals surface area contributed by atoms with Crippen molar-refractivity contribution >= 4 is 48.9 Å². The summed E-state index contributed by atoms with van der Waals surface area (Å²) in [7, 11) is 0.239. The maximum Gasteiger partial charge on any atom is 0.273 e. The lowest BCUT2D eigenvalue weighted by atomic mass is 9.97. The fraction of sp³-hybridized carbons (Fsp3) is 0.450. The summed E-state index contributed by atoms with van der Waals surface area (Å²) < 4.78 is 29.0. The second kappa shape index (κ2) is 8.02. The van der Waals surface area contributed by atoms with Crippen LogP contribution in [0.25, 0.3) is 0 Å². The number of hydrogen-bond acceptors (Lipinski definition) is 5. The normalized spacial score (nSPS) is 20.7. The van der Waals surface area contributed by atoms with Crippen molar-refractivity contribution in [2.24, 2.45) is 0 Å². The van der Waals surface area contributed by atoms with Crippen LogP contribution in [0.4, 0.5) is 5.69 Å². The van der Waals surface area contributed by atoms with Crippen molar-refractivity contribution in [3.05, 3.63) is 45.7 Å². The Morgan fingerprint density at radius 3 is 2.52 bits per heavy atom. The van der Waals surface area contributed by atoms with E-state index >= 15 is 0 Å². The molecule has 1 saturated heterocycles. The van der Waals surface area contributed by atoms with Gasteiger partial charge in [0.1, 0.15) is 4.21 Å². The highest BCUT2D eigenvalue weighted by atomic mass is 79.9. The minimum atomic E-state index is -3.71. The Balaban J connectivity index is 1.62. The molecule has 1 unspecified atom stereocenters. The Kier molecular flexibility index (Phi) is 5.76. The van der Waals surface area contributed by atoms with Crippen LogP contribution < -0.4 is 4.31 Å². The number of para-hydroxylation sites is 1. The highest BCUT2D eigenvalue weighted by Crippen LogP contribution is 2.42. The summed E-state index contributed by atoms with van der Waals surface area (Å²) >= 11 is 4.52. The molecule has 0 bridgehead atoms. The third-order valence-electron chi connectivity index (χ3n) is 5.90. The number of nitrogens with zero attached hydrogens (tertiary/aromatic N) is 3. The molecule has 1 aromatic carbocycles. The van der Waals surface area contributed by atoms with E-state index in [1.165, 1.54) is 15.6 Å².